The maximum absolute atomic E-state index is 13.8. The topological polar surface area (TPSA) is 59.0 Å². The van der Waals surface area contributed by atoms with E-state index in [1.54, 1.807) is 23.1 Å². The Labute approximate surface area is 187 Å². The van der Waals surface area contributed by atoms with Gasteiger partial charge in [-0.05, 0) is 29.8 Å². The molecule has 3 rings (SSSR count). The minimum Gasteiger partial charge on any atom is -0.489 e. The number of carbonyl (C=O) groups is 1. The number of hydrogen-bond acceptors (Lipinski definition) is 4. The summed E-state index contributed by atoms with van der Waals surface area (Å²) in [5, 5.41) is 9.56. The number of morpholine rings is 1. The molecule has 1 N–H and O–H groups in total. The normalized spacial score (nSPS) is 17.5. The summed E-state index contributed by atoms with van der Waals surface area (Å²) < 4.78 is 52.4. The van der Waals surface area contributed by atoms with Crippen molar-refractivity contribution in [3.8, 4) is 5.75 Å². The molecule has 0 amide bonds. The molecule has 1 fully saturated rings. The number of halogens is 5. The lowest BCUT2D eigenvalue weighted by Gasteiger charge is -2.34. The van der Waals surface area contributed by atoms with Gasteiger partial charge in [0, 0.05) is 35.2 Å². The molecule has 0 saturated carbocycles. The number of benzene rings is 2. The highest BCUT2D eigenvalue weighted by atomic mass is 35.5. The van der Waals surface area contributed by atoms with Crippen LogP contribution in [-0.2, 0) is 22.3 Å². The summed E-state index contributed by atoms with van der Waals surface area (Å²) in [6.45, 7) is 1.01. The first-order valence-corrected chi connectivity index (χ1v) is 10.2. The number of rotatable bonds is 7. The molecule has 0 aromatic heterocycles. The van der Waals surface area contributed by atoms with E-state index in [2.05, 4.69) is 0 Å². The molecular weight excluding hydrogens is 458 g/mol. The van der Waals surface area contributed by atoms with E-state index < -0.39 is 23.8 Å². The molecule has 1 atom stereocenters. The van der Waals surface area contributed by atoms with Gasteiger partial charge in [0.05, 0.1) is 24.7 Å². The Balaban J connectivity index is 1.79. The van der Waals surface area contributed by atoms with Crippen LogP contribution in [0.3, 0.4) is 0 Å². The van der Waals surface area contributed by atoms with Gasteiger partial charge in [-0.2, -0.15) is 13.2 Å². The molecule has 1 saturated heterocycles. The van der Waals surface area contributed by atoms with Gasteiger partial charge in [-0.3, -0.25) is 9.69 Å². The summed E-state index contributed by atoms with van der Waals surface area (Å²) in [6, 6.07) is 8.60. The summed E-state index contributed by atoms with van der Waals surface area (Å²) in [7, 11) is 0. The molecule has 0 spiro atoms. The first kappa shape index (κ1) is 23.7. The van der Waals surface area contributed by atoms with Crippen molar-refractivity contribution in [2.24, 2.45) is 0 Å². The molecule has 1 unspecified atom stereocenters. The fourth-order valence-electron chi connectivity index (χ4n) is 3.32. The Kier molecular flexibility index (Phi) is 7.69. The van der Waals surface area contributed by atoms with Crippen LogP contribution in [0.5, 0.6) is 5.75 Å². The molecule has 0 bridgehead atoms. The highest BCUT2D eigenvalue weighted by Gasteiger charge is 2.37. The zero-order chi connectivity index (χ0) is 22.6. The third-order valence-electron chi connectivity index (χ3n) is 4.91. The minimum absolute atomic E-state index is 0.0179. The molecule has 31 heavy (non-hydrogen) atoms. The maximum atomic E-state index is 13.8. The Bertz CT molecular complexity index is 919. The lowest BCUT2D eigenvalue weighted by atomic mass is 10.00. The van der Waals surface area contributed by atoms with E-state index in [0.29, 0.717) is 22.2 Å². The first-order chi connectivity index (χ1) is 14.6. The summed E-state index contributed by atoms with van der Waals surface area (Å²) in [6.07, 6.45) is -5.54. The molecular formula is C21H20Cl2F3NO4. The summed E-state index contributed by atoms with van der Waals surface area (Å²) in [5.74, 6) is -0.940. The number of carboxylic acids is 1. The number of ether oxygens (including phenoxy) is 2. The van der Waals surface area contributed by atoms with E-state index in [-0.39, 0.29) is 44.0 Å². The summed E-state index contributed by atoms with van der Waals surface area (Å²) >= 11 is 12.2. The molecule has 0 aliphatic carbocycles. The minimum atomic E-state index is -4.62. The predicted octanol–water partition coefficient (Wildman–Crippen LogP) is 5.44. The zero-order valence-corrected chi connectivity index (χ0v) is 17.8. The Morgan fingerprint density at radius 3 is 2.58 bits per heavy atom. The lowest BCUT2D eigenvalue weighted by molar-refractivity contribution is -0.140. The van der Waals surface area contributed by atoms with Crippen LogP contribution in [-0.4, -0.2) is 42.2 Å². The number of alkyl halides is 3. The van der Waals surface area contributed by atoms with Gasteiger partial charge < -0.3 is 14.6 Å². The van der Waals surface area contributed by atoms with Gasteiger partial charge in [-0.25, -0.2) is 0 Å². The highest BCUT2D eigenvalue weighted by Crippen LogP contribution is 2.39. The maximum Gasteiger partial charge on any atom is 0.416 e. The molecule has 0 radical (unpaired) electrons. The van der Waals surface area contributed by atoms with Crippen LogP contribution in [0.15, 0.2) is 36.4 Å². The molecule has 168 valence electrons. The van der Waals surface area contributed by atoms with Gasteiger partial charge in [0.1, 0.15) is 12.4 Å². The molecule has 1 aliphatic rings. The van der Waals surface area contributed by atoms with Crippen molar-refractivity contribution >= 4 is 29.2 Å². The predicted molar refractivity (Wildman–Crippen MR) is 110 cm³/mol. The van der Waals surface area contributed by atoms with Gasteiger partial charge in [0.2, 0.25) is 0 Å². The van der Waals surface area contributed by atoms with E-state index in [1.165, 1.54) is 12.1 Å². The SMILES string of the molecule is O=C(O)CCN1CCOC(c2ccc(OCc3c(Cl)cccc3Cl)cc2C(F)(F)F)C1. The molecule has 2 aromatic carbocycles. The third-order valence-corrected chi connectivity index (χ3v) is 5.62. The molecule has 5 nitrogen and oxygen atoms in total. The Morgan fingerprint density at radius 1 is 1.23 bits per heavy atom. The number of nitrogens with zero attached hydrogens (tertiary/aromatic N) is 1. The van der Waals surface area contributed by atoms with Crippen LogP contribution < -0.4 is 4.74 Å². The second-order valence-corrected chi connectivity index (χ2v) is 7.85. The van der Waals surface area contributed by atoms with Gasteiger partial charge in [0.25, 0.3) is 0 Å². The van der Waals surface area contributed by atoms with Gasteiger partial charge in [0.15, 0.2) is 0 Å². The average molecular weight is 478 g/mol. The van der Waals surface area contributed by atoms with E-state index in [4.69, 9.17) is 37.8 Å². The van der Waals surface area contributed by atoms with E-state index >= 15 is 0 Å². The van der Waals surface area contributed by atoms with Crippen LogP contribution in [0.25, 0.3) is 0 Å². The van der Waals surface area contributed by atoms with Crippen molar-refractivity contribution in [1.29, 1.82) is 0 Å². The number of carboxylic acid groups (broad SMARTS) is 1. The summed E-state index contributed by atoms with van der Waals surface area (Å²) in [4.78, 5) is 12.6. The number of aliphatic carboxylic acids is 1. The standard InChI is InChI=1S/C21H20Cl2F3NO4/c22-17-2-1-3-18(23)15(17)12-31-13-4-5-14(16(10-13)21(24,25)26)19-11-27(8-9-30-19)7-6-20(28)29/h1-5,10,19H,6-9,11-12H2,(H,28,29). The second kappa shape index (κ2) is 10.1. The van der Waals surface area contributed by atoms with Gasteiger partial charge in [-0.15, -0.1) is 0 Å². The van der Waals surface area contributed by atoms with Crippen LogP contribution in [0.4, 0.5) is 13.2 Å². The van der Waals surface area contributed by atoms with E-state index in [9.17, 15) is 18.0 Å². The fraction of sp³-hybridized carbons (Fsp3) is 0.381. The Morgan fingerprint density at radius 2 is 1.94 bits per heavy atom. The van der Waals surface area contributed by atoms with Crippen LogP contribution in [0, 0.1) is 0 Å². The smallest absolute Gasteiger partial charge is 0.416 e. The lowest BCUT2D eigenvalue weighted by Crippen LogP contribution is -2.40. The first-order valence-electron chi connectivity index (χ1n) is 9.47. The van der Waals surface area contributed by atoms with Crippen molar-refractivity contribution < 1.29 is 32.5 Å². The van der Waals surface area contributed by atoms with Crippen molar-refractivity contribution in [2.45, 2.75) is 25.3 Å². The second-order valence-electron chi connectivity index (χ2n) is 7.04. The van der Waals surface area contributed by atoms with Crippen molar-refractivity contribution in [2.75, 3.05) is 26.2 Å². The van der Waals surface area contributed by atoms with Crippen molar-refractivity contribution in [1.82, 2.24) is 4.90 Å². The average Bonchev–Trinajstić information content (AvgIpc) is 2.71. The molecule has 1 aliphatic heterocycles. The van der Waals surface area contributed by atoms with Crippen molar-refractivity contribution in [3.63, 3.8) is 0 Å². The van der Waals surface area contributed by atoms with E-state index in [0.717, 1.165) is 6.07 Å². The Hall–Kier alpha value is -2.00. The zero-order valence-electron chi connectivity index (χ0n) is 16.3. The van der Waals surface area contributed by atoms with Crippen LogP contribution in [0.2, 0.25) is 10.0 Å². The molecule has 10 heteroatoms. The van der Waals surface area contributed by atoms with Crippen molar-refractivity contribution in [3.05, 3.63) is 63.1 Å². The third kappa shape index (κ3) is 6.26. The van der Waals surface area contributed by atoms with Crippen LogP contribution >= 0.6 is 23.2 Å². The van der Waals surface area contributed by atoms with Gasteiger partial charge >= 0.3 is 12.1 Å². The van der Waals surface area contributed by atoms with Gasteiger partial charge in [-0.1, -0.05) is 35.3 Å². The fourth-order valence-corrected chi connectivity index (χ4v) is 3.83. The van der Waals surface area contributed by atoms with Crippen LogP contribution in [0.1, 0.15) is 29.2 Å². The quantitative estimate of drug-likeness (QED) is 0.575. The number of hydrogen-bond donors (Lipinski definition) is 1. The molecule has 2 aromatic rings. The van der Waals surface area contributed by atoms with E-state index in [1.807, 2.05) is 0 Å². The monoisotopic (exact) mass is 477 g/mol. The highest BCUT2D eigenvalue weighted by molar-refractivity contribution is 6.35. The molecule has 1 heterocycles. The largest absolute Gasteiger partial charge is 0.489 e. The summed E-state index contributed by atoms with van der Waals surface area (Å²) in [5.41, 5.74) is -0.399.